The Labute approximate surface area is 119 Å². The van der Waals surface area contributed by atoms with Crippen LogP contribution in [-0.4, -0.2) is 19.1 Å². The summed E-state index contributed by atoms with van der Waals surface area (Å²) in [5, 5.41) is 4.00. The molecular weight excluding hydrogens is 262 g/mol. The number of anilines is 1. The van der Waals surface area contributed by atoms with Gasteiger partial charge in [0.25, 0.3) is 0 Å². The molecular formula is C15H20ClNO2. The van der Waals surface area contributed by atoms with Gasteiger partial charge in [0.1, 0.15) is 0 Å². The van der Waals surface area contributed by atoms with E-state index >= 15 is 0 Å². The minimum absolute atomic E-state index is 0.326. The average Bonchev–Trinajstić information content (AvgIpc) is 2.33. The second-order valence-electron chi connectivity index (χ2n) is 5.26. The molecule has 1 aliphatic carbocycles. The molecule has 4 heteroatoms. The molecule has 3 nitrogen and oxygen atoms in total. The first-order valence-electron chi connectivity index (χ1n) is 6.74. The molecule has 1 aliphatic rings. The summed E-state index contributed by atoms with van der Waals surface area (Å²) >= 11 is 6.00. The Morgan fingerprint density at radius 3 is 2.84 bits per heavy atom. The van der Waals surface area contributed by atoms with E-state index in [0.717, 1.165) is 18.0 Å². The molecule has 2 rings (SSSR count). The number of methoxy groups -OCH3 is 1. The van der Waals surface area contributed by atoms with Crippen LogP contribution in [0.15, 0.2) is 18.2 Å². The number of rotatable bonds is 5. The van der Waals surface area contributed by atoms with Gasteiger partial charge in [0.2, 0.25) is 0 Å². The van der Waals surface area contributed by atoms with Crippen LogP contribution in [0.3, 0.4) is 0 Å². The second kappa shape index (κ2) is 6.29. The molecule has 0 aliphatic heterocycles. The van der Waals surface area contributed by atoms with Gasteiger partial charge in [0.15, 0.2) is 0 Å². The number of nitrogens with one attached hydrogen (secondary N) is 1. The highest BCUT2D eigenvalue weighted by molar-refractivity contribution is 6.31. The third-order valence-corrected chi connectivity index (χ3v) is 3.94. The van der Waals surface area contributed by atoms with Gasteiger partial charge in [-0.25, -0.2) is 4.79 Å². The number of hydrogen-bond donors (Lipinski definition) is 1. The summed E-state index contributed by atoms with van der Waals surface area (Å²) in [6.45, 7) is 2.14. The van der Waals surface area contributed by atoms with Crippen molar-refractivity contribution in [1.82, 2.24) is 0 Å². The molecule has 1 aromatic carbocycles. The van der Waals surface area contributed by atoms with Crippen LogP contribution in [0.1, 0.15) is 43.0 Å². The minimum atomic E-state index is -0.338. The maximum Gasteiger partial charge on any atom is 0.339 e. The van der Waals surface area contributed by atoms with Gasteiger partial charge < -0.3 is 10.1 Å². The van der Waals surface area contributed by atoms with Crippen molar-refractivity contribution < 1.29 is 9.53 Å². The minimum Gasteiger partial charge on any atom is -0.465 e. The van der Waals surface area contributed by atoms with Gasteiger partial charge in [-0.15, -0.1) is 0 Å². The van der Waals surface area contributed by atoms with E-state index in [1.165, 1.54) is 26.4 Å². The molecule has 1 atom stereocenters. The third kappa shape index (κ3) is 3.63. The lowest BCUT2D eigenvalue weighted by Gasteiger charge is -2.29. The highest BCUT2D eigenvalue weighted by Crippen LogP contribution is 2.31. The van der Waals surface area contributed by atoms with Gasteiger partial charge in [-0.1, -0.05) is 30.9 Å². The Morgan fingerprint density at radius 2 is 2.26 bits per heavy atom. The number of hydrogen-bond acceptors (Lipinski definition) is 3. The highest BCUT2D eigenvalue weighted by Gasteiger charge is 2.21. The molecule has 1 unspecified atom stereocenters. The van der Waals surface area contributed by atoms with E-state index < -0.39 is 0 Å². The largest absolute Gasteiger partial charge is 0.465 e. The first kappa shape index (κ1) is 14.2. The Balaban J connectivity index is 2.08. The molecule has 0 aromatic heterocycles. The molecule has 19 heavy (non-hydrogen) atoms. The van der Waals surface area contributed by atoms with Crippen LogP contribution in [0.4, 0.5) is 5.69 Å². The fourth-order valence-electron chi connectivity index (χ4n) is 2.48. The molecule has 0 amide bonds. The molecule has 0 heterocycles. The number of halogens is 1. The van der Waals surface area contributed by atoms with E-state index in [9.17, 15) is 4.79 Å². The van der Waals surface area contributed by atoms with E-state index in [1.807, 2.05) is 0 Å². The van der Waals surface area contributed by atoms with Crippen LogP contribution in [0.25, 0.3) is 0 Å². The zero-order chi connectivity index (χ0) is 13.8. The van der Waals surface area contributed by atoms with Crippen molar-refractivity contribution in [3.8, 4) is 0 Å². The monoisotopic (exact) mass is 281 g/mol. The molecule has 0 bridgehead atoms. The Morgan fingerprint density at radius 1 is 1.53 bits per heavy atom. The Bertz CT molecular complexity index is 457. The molecule has 104 valence electrons. The molecule has 0 radical (unpaired) electrons. The number of benzene rings is 1. The van der Waals surface area contributed by atoms with E-state index in [2.05, 4.69) is 12.2 Å². The van der Waals surface area contributed by atoms with Gasteiger partial charge in [0, 0.05) is 11.1 Å². The summed E-state index contributed by atoms with van der Waals surface area (Å²) in [4.78, 5) is 11.7. The van der Waals surface area contributed by atoms with Crippen LogP contribution < -0.4 is 5.32 Å². The third-order valence-electron chi connectivity index (χ3n) is 3.70. The van der Waals surface area contributed by atoms with Crippen molar-refractivity contribution in [3.63, 3.8) is 0 Å². The maximum atomic E-state index is 11.7. The topological polar surface area (TPSA) is 38.3 Å². The first-order chi connectivity index (χ1) is 9.10. The lowest BCUT2D eigenvalue weighted by molar-refractivity contribution is 0.0602. The van der Waals surface area contributed by atoms with Crippen molar-refractivity contribution >= 4 is 23.3 Å². The van der Waals surface area contributed by atoms with Crippen LogP contribution in [0, 0.1) is 5.92 Å². The van der Waals surface area contributed by atoms with E-state index in [0.29, 0.717) is 16.6 Å². The summed E-state index contributed by atoms with van der Waals surface area (Å²) in [7, 11) is 1.39. The predicted octanol–water partition coefficient (Wildman–Crippen LogP) is 4.12. The Kier molecular flexibility index (Phi) is 4.70. The second-order valence-corrected chi connectivity index (χ2v) is 5.70. The van der Waals surface area contributed by atoms with E-state index in [4.69, 9.17) is 16.3 Å². The normalized spacial score (nSPS) is 16.6. The van der Waals surface area contributed by atoms with Crippen molar-refractivity contribution in [2.24, 2.45) is 5.92 Å². The van der Waals surface area contributed by atoms with Gasteiger partial charge in [-0.3, -0.25) is 0 Å². The summed E-state index contributed by atoms with van der Waals surface area (Å²) in [6.07, 6.45) is 5.13. The molecule has 0 saturated heterocycles. The van der Waals surface area contributed by atoms with Crippen molar-refractivity contribution in [2.75, 3.05) is 12.4 Å². The lowest BCUT2D eigenvalue weighted by Crippen LogP contribution is -2.24. The fraction of sp³-hybridized carbons (Fsp3) is 0.533. The first-order valence-corrected chi connectivity index (χ1v) is 7.12. The van der Waals surface area contributed by atoms with Crippen LogP contribution in [-0.2, 0) is 4.74 Å². The SMILES string of the molecule is COC(=O)c1ccc(Cl)cc1NC(C)CC1CCC1. The highest BCUT2D eigenvalue weighted by atomic mass is 35.5. The van der Waals surface area contributed by atoms with Crippen molar-refractivity contribution in [2.45, 2.75) is 38.6 Å². The standard InChI is InChI=1S/C15H20ClNO2/c1-10(8-11-4-3-5-11)17-14-9-12(16)6-7-13(14)15(18)19-2/h6-7,9-11,17H,3-5,8H2,1-2H3. The number of esters is 1. The quantitative estimate of drug-likeness (QED) is 0.825. The maximum absolute atomic E-state index is 11.7. The van der Waals surface area contributed by atoms with Gasteiger partial charge >= 0.3 is 5.97 Å². The van der Waals surface area contributed by atoms with Crippen LogP contribution in [0.5, 0.6) is 0 Å². The number of carbonyl (C=O) groups is 1. The molecule has 1 aromatic rings. The predicted molar refractivity (Wildman–Crippen MR) is 77.8 cm³/mol. The molecule has 1 saturated carbocycles. The zero-order valence-electron chi connectivity index (χ0n) is 11.4. The van der Waals surface area contributed by atoms with Gasteiger partial charge in [-0.2, -0.15) is 0 Å². The van der Waals surface area contributed by atoms with Crippen LogP contribution in [0.2, 0.25) is 5.02 Å². The fourth-order valence-corrected chi connectivity index (χ4v) is 2.65. The Hall–Kier alpha value is -1.22. The summed E-state index contributed by atoms with van der Waals surface area (Å²) in [5.41, 5.74) is 1.29. The van der Waals surface area contributed by atoms with E-state index in [1.54, 1.807) is 18.2 Å². The number of ether oxygens (including phenoxy) is 1. The molecule has 1 fully saturated rings. The van der Waals surface area contributed by atoms with Gasteiger partial charge in [0.05, 0.1) is 18.4 Å². The molecule has 0 spiro atoms. The zero-order valence-corrected chi connectivity index (χ0v) is 12.2. The summed E-state index contributed by atoms with van der Waals surface area (Å²) in [6, 6.07) is 5.51. The van der Waals surface area contributed by atoms with E-state index in [-0.39, 0.29) is 5.97 Å². The van der Waals surface area contributed by atoms with Crippen molar-refractivity contribution in [3.05, 3.63) is 28.8 Å². The molecule has 1 N–H and O–H groups in total. The summed E-state index contributed by atoms with van der Waals surface area (Å²) < 4.78 is 4.79. The summed E-state index contributed by atoms with van der Waals surface area (Å²) in [5.74, 6) is 0.485. The van der Waals surface area contributed by atoms with Crippen LogP contribution >= 0.6 is 11.6 Å². The lowest BCUT2D eigenvalue weighted by atomic mass is 9.81. The smallest absolute Gasteiger partial charge is 0.339 e. The number of carbonyl (C=O) groups excluding carboxylic acids is 1. The average molecular weight is 282 g/mol. The van der Waals surface area contributed by atoms with Gasteiger partial charge in [-0.05, 0) is 37.5 Å². The van der Waals surface area contributed by atoms with Crippen molar-refractivity contribution in [1.29, 1.82) is 0 Å².